The van der Waals surface area contributed by atoms with Gasteiger partial charge in [-0.2, -0.15) is 0 Å². The highest BCUT2D eigenvalue weighted by molar-refractivity contribution is 7.89. The zero-order valence-corrected chi connectivity index (χ0v) is 13.1. The van der Waals surface area contributed by atoms with Crippen molar-refractivity contribution in [2.75, 3.05) is 11.9 Å². The lowest BCUT2D eigenvalue weighted by atomic mass is 10.2. The predicted octanol–water partition coefficient (Wildman–Crippen LogP) is 2.97. The van der Waals surface area contributed by atoms with Gasteiger partial charge in [-0.05, 0) is 36.1 Å². The number of hydrogen-bond donors (Lipinski definition) is 2. The van der Waals surface area contributed by atoms with Gasteiger partial charge in [0.2, 0.25) is 10.0 Å². The first kappa shape index (κ1) is 15.0. The highest BCUT2D eigenvalue weighted by Crippen LogP contribution is 2.23. The fourth-order valence-electron chi connectivity index (χ4n) is 1.88. The van der Waals surface area contributed by atoms with Gasteiger partial charge in [-0.3, -0.25) is 0 Å². The van der Waals surface area contributed by atoms with Crippen LogP contribution in [0.2, 0.25) is 0 Å². The van der Waals surface area contributed by atoms with Crippen LogP contribution in [0.25, 0.3) is 0 Å². The quantitative estimate of drug-likeness (QED) is 0.862. The van der Waals surface area contributed by atoms with Gasteiger partial charge < -0.3 is 5.32 Å². The fraction of sp³-hybridized carbons (Fsp3) is 0.286. The first-order chi connectivity index (χ1) is 9.54. The number of rotatable bonds is 6. The second-order valence-corrected chi connectivity index (χ2v) is 7.11. The van der Waals surface area contributed by atoms with Crippen LogP contribution in [0.3, 0.4) is 0 Å². The summed E-state index contributed by atoms with van der Waals surface area (Å²) in [5.74, 6) is 0. The van der Waals surface area contributed by atoms with Crippen molar-refractivity contribution in [2.24, 2.45) is 0 Å². The number of nitrogens with one attached hydrogen (secondary N) is 2. The monoisotopic (exact) mass is 310 g/mol. The molecule has 0 saturated heterocycles. The standard InChI is InChI=1S/C14H18N2O2S2/c1-3-16-20(17,18)14-7-5-4-6-12(14)15-10-13-11(2)8-9-19-13/h4-9,15-16H,3,10H2,1-2H3. The van der Waals surface area contributed by atoms with Crippen LogP contribution in [0.1, 0.15) is 17.4 Å². The minimum atomic E-state index is -3.45. The topological polar surface area (TPSA) is 58.2 Å². The van der Waals surface area contributed by atoms with Crippen molar-refractivity contribution in [1.29, 1.82) is 0 Å². The summed E-state index contributed by atoms with van der Waals surface area (Å²) < 4.78 is 26.8. The molecule has 2 rings (SSSR count). The van der Waals surface area contributed by atoms with Gasteiger partial charge in [0.25, 0.3) is 0 Å². The van der Waals surface area contributed by atoms with E-state index in [4.69, 9.17) is 0 Å². The summed E-state index contributed by atoms with van der Waals surface area (Å²) in [5.41, 5.74) is 1.84. The molecule has 0 aliphatic rings. The lowest BCUT2D eigenvalue weighted by Gasteiger charge is -2.12. The smallest absolute Gasteiger partial charge is 0.242 e. The maximum Gasteiger partial charge on any atom is 0.242 e. The maximum atomic E-state index is 12.1. The molecule has 1 aromatic carbocycles. The summed E-state index contributed by atoms with van der Waals surface area (Å²) >= 11 is 1.66. The summed E-state index contributed by atoms with van der Waals surface area (Å²) in [5, 5.41) is 5.25. The Kier molecular flexibility index (Phi) is 4.80. The second kappa shape index (κ2) is 6.39. The first-order valence-corrected chi connectivity index (χ1v) is 8.76. The Morgan fingerprint density at radius 3 is 2.60 bits per heavy atom. The van der Waals surface area contributed by atoms with Crippen molar-refractivity contribution >= 4 is 27.0 Å². The van der Waals surface area contributed by atoms with Crippen LogP contribution in [0.15, 0.2) is 40.6 Å². The maximum absolute atomic E-state index is 12.1. The van der Waals surface area contributed by atoms with Crippen molar-refractivity contribution in [3.63, 3.8) is 0 Å². The van der Waals surface area contributed by atoms with E-state index in [2.05, 4.69) is 23.0 Å². The molecule has 0 fully saturated rings. The molecule has 0 spiro atoms. The number of anilines is 1. The zero-order valence-electron chi connectivity index (χ0n) is 11.5. The van der Waals surface area contributed by atoms with Gasteiger partial charge in [0.15, 0.2) is 0 Å². The Balaban J connectivity index is 2.23. The van der Waals surface area contributed by atoms with E-state index >= 15 is 0 Å². The Bertz CT molecular complexity index is 678. The molecule has 1 heterocycles. The molecule has 0 radical (unpaired) electrons. The normalized spacial score (nSPS) is 11.5. The van der Waals surface area contributed by atoms with E-state index in [1.807, 2.05) is 11.4 Å². The Morgan fingerprint density at radius 1 is 1.20 bits per heavy atom. The molecular weight excluding hydrogens is 292 g/mol. The number of sulfonamides is 1. The Labute approximate surface area is 123 Å². The number of thiophene rings is 1. The molecule has 0 atom stereocenters. The van der Waals surface area contributed by atoms with E-state index in [-0.39, 0.29) is 4.90 Å². The molecule has 20 heavy (non-hydrogen) atoms. The van der Waals surface area contributed by atoms with Gasteiger partial charge in [0.1, 0.15) is 4.90 Å². The lowest BCUT2D eigenvalue weighted by molar-refractivity contribution is 0.584. The van der Waals surface area contributed by atoms with Crippen LogP contribution >= 0.6 is 11.3 Å². The summed E-state index contributed by atoms with van der Waals surface area (Å²) in [6.07, 6.45) is 0. The van der Waals surface area contributed by atoms with Gasteiger partial charge in [-0.15, -0.1) is 11.3 Å². The highest BCUT2D eigenvalue weighted by Gasteiger charge is 2.16. The van der Waals surface area contributed by atoms with Gasteiger partial charge in [0, 0.05) is 18.0 Å². The molecule has 2 aromatic rings. The fourth-order valence-corrected chi connectivity index (χ4v) is 3.94. The van der Waals surface area contributed by atoms with Crippen LogP contribution in [-0.2, 0) is 16.6 Å². The molecule has 0 aliphatic heterocycles. The molecule has 0 aliphatic carbocycles. The van der Waals surface area contributed by atoms with E-state index in [0.29, 0.717) is 18.8 Å². The molecule has 2 N–H and O–H groups in total. The number of para-hydroxylation sites is 1. The third kappa shape index (κ3) is 3.39. The molecule has 0 bridgehead atoms. The molecule has 108 valence electrons. The van der Waals surface area contributed by atoms with Gasteiger partial charge in [-0.25, -0.2) is 13.1 Å². The van der Waals surface area contributed by atoms with Crippen molar-refractivity contribution in [3.05, 3.63) is 46.2 Å². The molecular formula is C14H18N2O2S2. The minimum Gasteiger partial charge on any atom is -0.379 e. The van der Waals surface area contributed by atoms with Crippen molar-refractivity contribution < 1.29 is 8.42 Å². The van der Waals surface area contributed by atoms with Crippen LogP contribution in [0.4, 0.5) is 5.69 Å². The molecule has 0 unspecified atom stereocenters. The van der Waals surface area contributed by atoms with E-state index in [1.165, 1.54) is 10.4 Å². The molecule has 4 nitrogen and oxygen atoms in total. The average molecular weight is 310 g/mol. The highest BCUT2D eigenvalue weighted by atomic mass is 32.2. The Morgan fingerprint density at radius 2 is 1.95 bits per heavy atom. The number of hydrogen-bond acceptors (Lipinski definition) is 4. The van der Waals surface area contributed by atoms with E-state index in [0.717, 1.165) is 0 Å². The van der Waals surface area contributed by atoms with Gasteiger partial charge in [0.05, 0.1) is 5.69 Å². The van der Waals surface area contributed by atoms with E-state index < -0.39 is 10.0 Å². The molecule has 1 aromatic heterocycles. The second-order valence-electron chi connectivity index (χ2n) is 4.38. The van der Waals surface area contributed by atoms with E-state index in [1.54, 1.807) is 36.5 Å². The molecule has 0 saturated carbocycles. The van der Waals surface area contributed by atoms with Crippen molar-refractivity contribution in [2.45, 2.75) is 25.3 Å². The van der Waals surface area contributed by atoms with Crippen molar-refractivity contribution in [3.8, 4) is 0 Å². The summed E-state index contributed by atoms with van der Waals surface area (Å²) in [6.45, 7) is 4.82. The van der Waals surface area contributed by atoms with E-state index in [9.17, 15) is 8.42 Å². The summed E-state index contributed by atoms with van der Waals surface area (Å²) in [4.78, 5) is 1.50. The molecule has 0 amide bonds. The average Bonchev–Trinajstić information content (AvgIpc) is 2.82. The third-order valence-corrected chi connectivity index (χ3v) is 5.55. The van der Waals surface area contributed by atoms with Crippen LogP contribution in [0.5, 0.6) is 0 Å². The molecule has 6 heteroatoms. The minimum absolute atomic E-state index is 0.288. The van der Waals surface area contributed by atoms with Gasteiger partial charge in [-0.1, -0.05) is 19.1 Å². The largest absolute Gasteiger partial charge is 0.379 e. The summed E-state index contributed by atoms with van der Waals surface area (Å²) in [6, 6.07) is 9.01. The predicted molar refractivity (Wildman–Crippen MR) is 83.7 cm³/mol. The SMILES string of the molecule is CCNS(=O)(=O)c1ccccc1NCc1sccc1C. The number of aryl methyl sites for hydroxylation is 1. The Hall–Kier alpha value is -1.37. The number of benzene rings is 1. The lowest BCUT2D eigenvalue weighted by Crippen LogP contribution is -2.24. The zero-order chi connectivity index (χ0) is 14.6. The van der Waals surface area contributed by atoms with Crippen LogP contribution < -0.4 is 10.0 Å². The van der Waals surface area contributed by atoms with Crippen LogP contribution in [-0.4, -0.2) is 15.0 Å². The van der Waals surface area contributed by atoms with Crippen LogP contribution in [0, 0.1) is 6.92 Å². The first-order valence-electron chi connectivity index (χ1n) is 6.40. The third-order valence-electron chi connectivity index (χ3n) is 2.92. The van der Waals surface area contributed by atoms with Crippen molar-refractivity contribution in [1.82, 2.24) is 4.72 Å². The summed E-state index contributed by atoms with van der Waals surface area (Å²) in [7, 11) is -3.45. The van der Waals surface area contributed by atoms with Gasteiger partial charge >= 0.3 is 0 Å².